The van der Waals surface area contributed by atoms with Crippen LogP contribution in [0.5, 0.6) is 0 Å². The quantitative estimate of drug-likeness (QED) is 0.655. The van der Waals surface area contributed by atoms with Crippen LogP contribution in [0.3, 0.4) is 0 Å². The van der Waals surface area contributed by atoms with Gasteiger partial charge in [-0.05, 0) is 59.0 Å². The second-order valence-electron chi connectivity index (χ2n) is 4.35. The first kappa shape index (κ1) is 13.5. The van der Waals surface area contributed by atoms with Gasteiger partial charge in [-0.2, -0.15) is 5.10 Å². The molecule has 0 aliphatic carbocycles. The van der Waals surface area contributed by atoms with E-state index in [1.54, 1.807) is 4.68 Å². The Morgan fingerprint density at radius 3 is 2.30 bits per heavy atom. The first-order valence-electron chi connectivity index (χ1n) is 6.01. The third-order valence-corrected chi connectivity index (χ3v) is 3.92. The number of halogens is 2. The van der Waals surface area contributed by atoms with E-state index in [1.165, 1.54) is 3.57 Å². The first-order chi connectivity index (χ1) is 9.63. The molecule has 5 heteroatoms. The maximum absolute atomic E-state index is 6.05. The Morgan fingerprint density at radius 2 is 1.65 bits per heavy atom. The van der Waals surface area contributed by atoms with Crippen molar-refractivity contribution in [3.63, 3.8) is 0 Å². The number of rotatable bonds is 2. The molecule has 0 unspecified atom stereocenters. The molecular weight excluding hydrogens is 385 g/mol. The van der Waals surface area contributed by atoms with Crippen LogP contribution in [-0.2, 0) is 0 Å². The highest BCUT2D eigenvalue weighted by Crippen LogP contribution is 2.24. The molecule has 0 atom stereocenters. The van der Waals surface area contributed by atoms with Crippen molar-refractivity contribution < 1.29 is 0 Å². The van der Waals surface area contributed by atoms with Crippen LogP contribution in [-0.4, -0.2) is 9.78 Å². The monoisotopic (exact) mass is 395 g/mol. The average molecular weight is 396 g/mol. The zero-order chi connectivity index (χ0) is 14.1. The third-order valence-electron chi connectivity index (χ3n) is 2.95. The molecule has 0 bridgehead atoms. The van der Waals surface area contributed by atoms with Crippen molar-refractivity contribution in [3.05, 3.63) is 63.2 Å². The summed E-state index contributed by atoms with van der Waals surface area (Å²) in [6, 6.07) is 17.5. The largest absolute Gasteiger partial charge is 0.384 e. The molecule has 2 N–H and O–H groups in total. The second kappa shape index (κ2) is 5.46. The summed E-state index contributed by atoms with van der Waals surface area (Å²) < 4.78 is 2.91. The highest BCUT2D eigenvalue weighted by atomic mass is 127. The van der Waals surface area contributed by atoms with E-state index in [0.717, 1.165) is 16.9 Å². The Labute approximate surface area is 135 Å². The molecule has 0 spiro atoms. The summed E-state index contributed by atoms with van der Waals surface area (Å²) >= 11 is 8.16. The van der Waals surface area contributed by atoms with E-state index in [9.17, 15) is 0 Å². The number of anilines is 1. The van der Waals surface area contributed by atoms with Gasteiger partial charge >= 0.3 is 0 Å². The smallest absolute Gasteiger partial charge is 0.127 e. The lowest BCUT2D eigenvalue weighted by Gasteiger charge is -2.03. The lowest BCUT2D eigenvalue weighted by atomic mass is 10.1. The van der Waals surface area contributed by atoms with Crippen molar-refractivity contribution in [3.8, 4) is 16.9 Å². The molecule has 2 aromatic carbocycles. The van der Waals surface area contributed by atoms with Crippen molar-refractivity contribution in [2.24, 2.45) is 0 Å². The van der Waals surface area contributed by atoms with Crippen molar-refractivity contribution in [1.82, 2.24) is 9.78 Å². The van der Waals surface area contributed by atoms with Crippen LogP contribution in [0.4, 0.5) is 5.82 Å². The van der Waals surface area contributed by atoms with Crippen LogP contribution in [0.2, 0.25) is 5.02 Å². The van der Waals surface area contributed by atoms with Gasteiger partial charge in [-0.1, -0.05) is 23.7 Å². The molecule has 3 nitrogen and oxygen atoms in total. The van der Waals surface area contributed by atoms with Crippen LogP contribution in [0, 0.1) is 3.57 Å². The molecule has 3 rings (SSSR count). The Balaban J connectivity index is 2.02. The summed E-state index contributed by atoms with van der Waals surface area (Å²) in [4.78, 5) is 0. The van der Waals surface area contributed by atoms with E-state index >= 15 is 0 Å². The lowest BCUT2D eigenvalue weighted by Crippen LogP contribution is -2.01. The van der Waals surface area contributed by atoms with E-state index in [4.69, 9.17) is 17.3 Å². The fourth-order valence-corrected chi connectivity index (χ4v) is 2.43. The van der Waals surface area contributed by atoms with Gasteiger partial charge in [0.2, 0.25) is 0 Å². The minimum Gasteiger partial charge on any atom is -0.384 e. The van der Waals surface area contributed by atoms with Crippen LogP contribution in [0.1, 0.15) is 0 Å². The standard InChI is InChI=1S/C15H11ClIN3/c16-11-3-1-10(2-4-11)14-9-15(18)20(19-14)13-7-5-12(17)6-8-13/h1-9H,18H2. The van der Waals surface area contributed by atoms with Gasteiger partial charge in [-0.3, -0.25) is 0 Å². The number of nitrogens with zero attached hydrogens (tertiary/aromatic N) is 2. The minimum atomic E-state index is 0.608. The topological polar surface area (TPSA) is 43.8 Å². The van der Waals surface area contributed by atoms with Gasteiger partial charge in [0, 0.05) is 20.2 Å². The molecular formula is C15H11ClIN3. The Hall–Kier alpha value is -1.53. The van der Waals surface area contributed by atoms with Gasteiger partial charge in [0.25, 0.3) is 0 Å². The van der Waals surface area contributed by atoms with Crippen molar-refractivity contribution in [2.75, 3.05) is 5.73 Å². The molecule has 0 amide bonds. The van der Waals surface area contributed by atoms with Crippen molar-refractivity contribution in [2.45, 2.75) is 0 Å². The highest BCUT2D eigenvalue weighted by molar-refractivity contribution is 14.1. The van der Waals surface area contributed by atoms with E-state index in [0.29, 0.717) is 10.8 Å². The lowest BCUT2D eigenvalue weighted by molar-refractivity contribution is 0.895. The molecule has 0 aliphatic heterocycles. The van der Waals surface area contributed by atoms with Gasteiger partial charge in [-0.15, -0.1) is 0 Å². The van der Waals surface area contributed by atoms with Gasteiger partial charge in [0.1, 0.15) is 5.82 Å². The molecule has 1 heterocycles. The molecule has 20 heavy (non-hydrogen) atoms. The molecule has 0 fully saturated rings. The Kier molecular flexibility index (Phi) is 3.67. The number of nitrogen functional groups attached to an aromatic ring is 1. The molecule has 0 saturated heterocycles. The number of nitrogens with two attached hydrogens (primary N) is 1. The van der Waals surface area contributed by atoms with Gasteiger partial charge < -0.3 is 5.73 Å². The van der Waals surface area contributed by atoms with Crippen LogP contribution < -0.4 is 5.73 Å². The summed E-state index contributed by atoms with van der Waals surface area (Å²) in [6.45, 7) is 0. The Morgan fingerprint density at radius 1 is 1.00 bits per heavy atom. The first-order valence-corrected chi connectivity index (χ1v) is 7.46. The summed E-state index contributed by atoms with van der Waals surface area (Å²) in [7, 11) is 0. The SMILES string of the molecule is Nc1cc(-c2ccc(Cl)cc2)nn1-c1ccc(I)cc1. The van der Waals surface area contributed by atoms with E-state index in [-0.39, 0.29) is 0 Å². The van der Waals surface area contributed by atoms with Gasteiger partial charge in [-0.25, -0.2) is 4.68 Å². The third kappa shape index (κ3) is 2.66. The minimum absolute atomic E-state index is 0.608. The van der Waals surface area contributed by atoms with Crippen molar-refractivity contribution >= 4 is 40.0 Å². The van der Waals surface area contributed by atoms with Crippen molar-refractivity contribution in [1.29, 1.82) is 0 Å². The predicted octanol–water partition coefficient (Wildman–Crippen LogP) is 4.38. The van der Waals surface area contributed by atoms with Gasteiger partial charge in [0.05, 0.1) is 11.4 Å². The molecule has 0 saturated carbocycles. The normalized spacial score (nSPS) is 10.7. The molecule has 100 valence electrons. The molecule has 3 aromatic rings. The van der Waals surface area contributed by atoms with Crippen LogP contribution in [0.25, 0.3) is 16.9 Å². The van der Waals surface area contributed by atoms with E-state index in [2.05, 4.69) is 27.7 Å². The Bertz CT molecular complexity index is 733. The van der Waals surface area contributed by atoms with Crippen LogP contribution in [0.15, 0.2) is 54.6 Å². The zero-order valence-electron chi connectivity index (χ0n) is 10.4. The summed E-state index contributed by atoms with van der Waals surface area (Å²) in [5.74, 6) is 0.608. The summed E-state index contributed by atoms with van der Waals surface area (Å²) in [5.41, 5.74) is 8.82. The maximum atomic E-state index is 6.05. The van der Waals surface area contributed by atoms with Crippen LogP contribution >= 0.6 is 34.2 Å². The molecule has 1 aromatic heterocycles. The van der Waals surface area contributed by atoms with Gasteiger partial charge in [0.15, 0.2) is 0 Å². The summed E-state index contributed by atoms with van der Waals surface area (Å²) in [5, 5.41) is 5.26. The zero-order valence-corrected chi connectivity index (χ0v) is 13.3. The number of hydrogen-bond donors (Lipinski definition) is 1. The number of aromatic nitrogens is 2. The predicted molar refractivity (Wildman–Crippen MR) is 91.1 cm³/mol. The fourth-order valence-electron chi connectivity index (χ4n) is 1.95. The second-order valence-corrected chi connectivity index (χ2v) is 6.03. The number of benzene rings is 2. The van der Waals surface area contributed by atoms with E-state index in [1.807, 2.05) is 54.6 Å². The average Bonchev–Trinajstić information content (AvgIpc) is 2.82. The van der Waals surface area contributed by atoms with E-state index < -0.39 is 0 Å². The maximum Gasteiger partial charge on any atom is 0.127 e. The molecule has 0 aliphatic rings. The number of hydrogen-bond acceptors (Lipinski definition) is 2. The fraction of sp³-hybridized carbons (Fsp3) is 0. The summed E-state index contributed by atoms with van der Waals surface area (Å²) in [6.07, 6.45) is 0. The molecule has 0 radical (unpaired) electrons. The highest BCUT2D eigenvalue weighted by Gasteiger charge is 2.08.